The van der Waals surface area contributed by atoms with E-state index in [1.54, 1.807) is 13.3 Å². The van der Waals surface area contributed by atoms with Gasteiger partial charge < -0.3 is 14.6 Å². The van der Waals surface area contributed by atoms with Gasteiger partial charge in [-0.3, -0.25) is 19.4 Å². The highest BCUT2D eigenvalue weighted by Gasteiger charge is 2.23. The summed E-state index contributed by atoms with van der Waals surface area (Å²) in [6.45, 7) is 5.59. The van der Waals surface area contributed by atoms with Gasteiger partial charge in [-0.05, 0) is 35.4 Å². The van der Waals surface area contributed by atoms with Crippen LogP contribution in [-0.2, 0) is 24.4 Å². The van der Waals surface area contributed by atoms with Crippen molar-refractivity contribution >= 4 is 11.8 Å². The SMILES string of the molecule is CNC(=O)c1ccc(CN(CC(=O)N2CCN(Cc3ccccc3)CC2)Cc2ccco2)cc1. The fraction of sp³-hybridized carbons (Fsp3) is 0.333. The number of amides is 2. The van der Waals surface area contributed by atoms with Crippen LogP contribution in [0.3, 0.4) is 0 Å². The minimum absolute atomic E-state index is 0.111. The van der Waals surface area contributed by atoms with Crippen LogP contribution in [0.2, 0.25) is 0 Å². The molecule has 0 bridgehead atoms. The zero-order valence-corrected chi connectivity index (χ0v) is 19.7. The van der Waals surface area contributed by atoms with Crippen LogP contribution in [0.4, 0.5) is 0 Å². The molecule has 2 aromatic carbocycles. The second kappa shape index (κ2) is 11.6. The minimum atomic E-state index is -0.111. The Hall–Kier alpha value is -3.42. The molecule has 2 amide bonds. The quantitative estimate of drug-likeness (QED) is 0.532. The zero-order valence-electron chi connectivity index (χ0n) is 19.7. The van der Waals surface area contributed by atoms with Crippen molar-refractivity contribution in [3.63, 3.8) is 0 Å². The van der Waals surface area contributed by atoms with Gasteiger partial charge in [0.05, 0.1) is 19.4 Å². The molecule has 1 aliphatic heterocycles. The van der Waals surface area contributed by atoms with Crippen molar-refractivity contribution in [2.24, 2.45) is 0 Å². The first kappa shape index (κ1) is 23.7. The third kappa shape index (κ3) is 6.56. The molecule has 1 saturated heterocycles. The van der Waals surface area contributed by atoms with Gasteiger partial charge >= 0.3 is 0 Å². The summed E-state index contributed by atoms with van der Waals surface area (Å²) in [5.41, 5.74) is 2.96. The van der Waals surface area contributed by atoms with Gasteiger partial charge in [0, 0.05) is 51.9 Å². The number of furan rings is 1. The van der Waals surface area contributed by atoms with E-state index in [-0.39, 0.29) is 11.8 Å². The molecule has 1 aliphatic rings. The third-order valence-corrected chi connectivity index (χ3v) is 6.14. The standard InChI is InChI=1S/C27H32N4O3/c1-28-27(33)24-11-9-23(10-12-24)19-30(20-25-8-5-17-34-25)21-26(32)31-15-13-29(14-16-31)18-22-6-3-2-4-7-22/h2-12,17H,13-16,18-21H2,1H3,(H,28,33). The average Bonchev–Trinajstić information content (AvgIpc) is 3.38. The molecule has 0 atom stereocenters. The fourth-order valence-electron chi connectivity index (χ4n) is 4.24. The molecule has 2 heterocycles. The number of rotatable bonds is 9. The van der Waals surface area contributed by atoms with Gasteiger partial charge in [0.25, 0.3) is 5.91 Å². The molecule has 4 rings (SSSR count). The van der Waals surface area contributed by atoms with E-state index in [4.69, 9.17) is 4.42 Å². The predicted octanol–water partition coefficient (Wildman–Crippen LogP) is 2.99. The van der Waals surface area contributed by atoms with Crippen molar-refractivity contribution in [1.29, 1.82) is 0 Å². The highest BCUT2D eigenvalue weighted by molar-refractivity contribution is 5.93. The molecule has 1 aromatic heterocycles. The third-order valence-electron chi connectivity index (χ3n) is 6.14. The largest absolute Gasteiger partial charge is 0.468 e. The minimum Gasteiger partial charge on any atom is -0.468 e. The van der Waals surface area contributed by atoms with Crippen LogP contribution in [0.15, 0.2) is 77.4 Å². The summed E-state index contributed by atoms with van der Waals surface area (Å²) in [4.78, 5) is 31.4. The number of piperazine rings is 1. The van der Waals surface area contributed by atoms with E-state index in [1.807, 2.05) is 47.4 Å². The maximum absolute atomic E-state index is 13.2. The Bertz CT molecular complexity index is 1040. The molecular weight excluding hydrogens is 428 g/mol. The van der Waals surface area contributed by atoms with Crippen LogP contribution in [0.5, 0.6) is 0 Å². The van der Waals surface area contributed by atoms with Crippen molar-refractivity contribution < 1.29 is 14.0 Å². The van der Waals surface area contributed by atoms with E-state index in [0.29, 0.717) is 25.2 Å². The normalized spacial score (nSPS) is 14.4. The number of benzene rings is 2. The van der Waals surface area contributed by atoms with Gasteiger partial charge in [-0.2, -0.15) is 0 Å². The Morgan fingerprint density at radius 2 is 1.62 bits per heavy atom. The molecule has 0 aliphatic carbocycles. The summed E-state index contributed by atoms with van der Waals surface area (Å²) in [7, 11) is 1.62. The summed E-state index contributed by atoms with van der Waals surface area (Å²) in [5, 5.41) is 2.63. The Balaban J connectivity index is 1.34. The summed E-state index contributed by atoms with van der Waals surface area (Å²) >= 11 is 0. The van der Waals surface area contributed by atoms with Crippen molar-refractivity contribution in [3.8, 4) is 0 Å². The zero-order chi connectivity index (χ0) is 23.8. The Morgan fingerprint density at radius 3 is 2.26 bits per heavy atom. The molecule has 0 saturated carbocycles. The van der Waals surface area contributed by atoms with Crippen molar-refractivity contribution in [2.45, 2.75) is 19.6 Å². The highest BCUT2D eigenvalue weighted by Crippen LogP contribution is 2.14. The molecule has 7 nitrogen and oxygen atoms in total. The lowest BCUT2D eigenvalue weighted by Crippen LogP contribution is -2.50. The summed E-state index contributed by atoms with van der Waals surface area (Å²) in [6.07, 6.45) is 1.65. The van der Waals surface area contributed by atoms with E-state index in [9.17, 15) is 9.59 Å². The predicted molar refractivity (Wildman–Crippen MR) is 131 cm³/mol. The number of carbonyl (C=O) groups excluding carboxylic acids is 2. The molecule has 1 fully saturated rings. The highest BCUT2D eigenvalue weighted by atomic mass is 16.3. The molecular formula is C27H32N4O3. The second-order valence-corrected chi connectivity index (χ2v) is 8.64. The summed E-state index contributed by atoms with van der Waals surface area (Å²) in [6, 6.07) is 21.7. The topological polar surface area (TPSA) is 69.0 Å². The van der Waals surface area contributed by atoms with E-state index in [2.05, 4.69) is 39.4 Å². The van der Waals surface area contributed by atoms with Crippen LogP contribution in [0.25, 0.3) is 0 Å². The Kier molecular flexibility index (Phi) is 8.12. The maximum Gasteiger partial charge on any atom is 0.251 e. The summed E-state index contributed by atoms with van der Waals surface area (Å²) < 4.78 is 5.54. The average molecular weight is 461 g/mol. The van der Waals surface area contributed by atoms with Crippen LogP contribution in [0.1, 0.15) is 27.2 Å². The van der Waals surface area contributed by atoms with Crippen molar-refractivity contribution in [3.05, 3.63) is 95.4 Å². The number of hydrogen-bond acceptors (Lipinski definition) is 5. The first-order chi connectivity index (χ1) is 16.6. The molecule has 3 aromatic rings. The van der Waals surface area contributed by atoms with E-state index < -0.39 is 0 Å². The Morgan fingerprint density at radius 1 is 0.882 bits per heavy atom. The number of carbonyl (C=O) groups is 2. The van der Waals surface area contributed by atoms with Gasteiger partial charge in [-0.1, -0.05) is 42.5 Å². The molecule has 0 unspecified atom stereocenters. The number of nitrogens with zero attached hydrogens (tertiary/aromatic N) is 3. The molecule has 0 spiro atoms. The van der Waals surface area contributed by atoms with Gasteiger partial charge in [0.2, 0.25) is 5.91 Å². The first-order valence-corrected chi connectivity index (χ1v) is 11.7. The summed E-state index contributed by atoms with van der Waals surface area (Å²) in [5.74, 6) is 0.843. The lowest BCUT2D eigenvalue weighted by Gasteiger charge is -2.35. The van der Waals surface area contributed by atoms with Crippen LogP contribution >= 0.6 is 0 Å². The fourth-order valence-corrected chi connectivity index (χ4v) is 4.24. The van der Waals surface area contributed by atoms with Gasteiger partial charge in [0.1, 0.15) is 5.76 Å². The van der Waals surface area contributed by atoms with Gasteiger partial charge in [-0.15, -0.1) is 0 Å². The number of nitrogens with one attached hydrogen (secondary N) is 1. The lowest BCUT2D eigenvalue weighted by atomic mass is 10.1. The van der Waals surface area contributed by atoms with Crippen LogP contribution in [0, 0.1) is 0 Å². The van der Waals surface area contributed by atoms with E-state index >= 15 is 0 Å². The van der Waals surface area contributed by atoms with E-state index in [0.717, 1.165) is 44.0 Å². The first-order valence-electron chi connectivity index (χ1n) is 11.7. The molecule has 7 heteroatoms. The smallest absolute Gasteiger partial charge is 0.251 e. The van der Waals surface area contributed by atoms with E-state index in [1.165, 1.54) is 5.56 Å². The molecule has 34 heavy (non-hydrogen) atoms. The monoisotopic (exact) mass is 460 g/mol. The van der Waals surface area contributed by atoms with Crippen molar-refractivity contribution in [1.82, 2.24) is 20.0 Å². The van der Waals surface area contributed by atoms with Gasteiger partial charge in [0.15, 0.2) is 0 Å². The molecule has 1 N–H and O–H groups in total. The maximum atomic E-state index is 13.2. The van der Waals surface area contributed by atoms with Crippen LogP contribution in [-0.4, -0.2) is 66.3 Å². The lowest BCUT2D eigenvalue weighted by molar-refractivity contribution is -0.134. The molecule has 0 radical (unpaired) electrons. The second-order valence-electron chi connectivity index (χ2n) is 8.64. The number of hydrogen-bond donors (Lipinski definition) is 1. The van der Waals surface area contributed by atoms with Gasteiger partial charge in [-0.25, -0.2) is 0 Å². The van der Waals surface area contributed by atoms with Crippen LogP contribution < -0.4 is 5.32 Å². The van der Waals surface area contributed by atoms with Crippen molar-refractivity contribution in [2.75, 3.05) is 39.8 Å². The molecule has 178 valence electrons. The Labute approximate surface area is 201 Å².